The Labute approximate surface area is 122 Å². The minimum absolute atomic E-state index is 0.121. The Morgan fingerprint density at radius 2 is 2.05 bits per heavy atom. The first kappa shape index (κ1) is 16.6. The maximum absolute atomic E-state index is 11.8. The molecule has 1 saturated heterocycles. The van der Waals surface area contributed by atoms with E-state index >= 15 is 0 Å². The highest BCUT2D eigenvalue weighted by Crippen LogP contribution is 2.20. The molecule has 1 rings (SSSR count). The summed E-state index contributed by atoms with van der Waals surface area (Å²) in [6.45, 7) is 4.81. The minimum Gasteiger partial charge on any atom is -0.480 e. The van der Waals surface area contributed by atoms with E-state index < -0.39 is 18.0 Å². The van der Waals surface area contributed by atoms with Crippen LogP contribution in [-0.4, -0.2) is 58.7 Å². The molecule has 0 aliphatic carbocycles. The number of thioether (sulfide) groups is 1. The number of nitrogens with zero attached hydrogens (tertiary/aromatic N) is 1. The standard InChI is InChI=1S/C12H21N3O4S/c1-8(2)5-14-10(16)3-4-13-12(19)15-7-20-6-9(15)11(17)18/h8-9H,3-7H2,1-2H3,(H,13,19)(H,14,16)(H,17,18). The molecular formula is C12H21N3O4S. The zero-order valence-corrected chi connectivity index (χ0v) is 12.5. The van der Waals surface area contributed by atoms with Crippen LogP contribution in [0.3, 0.4) is 0 Å². The lowest BCUT2D eigenvalue weighted by Gasteiger charge is -2.20. The van der Waals surface area contributed by atoms with E-state index in [4.69, 9.17) is 5.11 Å². The van der Waals surface area contributed by atoms with Gasteiger partial charge in [-0.1, -0.05) is 13.8 Å². The number of carbonyl (C=O) groups is 3. The third-order valence-electron chi connectivity index (χ3n) is 2.76. The molecule has 0 aromatic carbocycles. The predicted molar refractivity (Wildman–Crippen MR) is 76.5 cm³/mol. The summed E-state index contributed by atoms with van der Waals surface area (Å²) in [5.74, 6) is 0.0240. The molecule has 3 N–H and O–H groups in total. The zero-order chi connectivity index (χ0) is 15.1. The SMILES string of the molecule is CC(C)CNC(=O)CCNC(=O)N1CSCC1C(=O)O. The molecule has 8 heteroatoms. The van der Waals surface area contributed by atoms with Gasteiger partial charge < -0.3 is 20.6 Å². The van der Waals surface area contributed by atoms with Crippen molar-refractivity contribution in [3.63, 3.8) is 0 Å². The number of carbonyl (C=O) groups excluding carboxylic acids is 2. The van der Waals surface area contributed by atoms with Crippen molar-refractivity contribution in [1.82, 2.24) is 15.5 Å². The number of hydrogen-bond acceptors (Lipinski definition) is 4. The minimum atomic E-state index is -1.00. The highest BCUT2D eigenvalue weighted by atomic mass is 32.2. The fraction of sp³-hybridized carbons (Fsp3) is 0.750. The predicted octanol–water partition coefficient (Wildman–Crippen LogP) is 0.318. The molecule has 20 heavy (non-hydrogen) atoms. The van der Waals surface area contributed by atoms with Gasteiger partial charge in [0.15, 0.2) is 0 Å². The molecule has 0 bridgehead atoms. The van der Waals surface area contributed by atoms with Gasteiger partial charge in [-0.05, 0) is 5.92 Å². The Morgan fingerprint density at radius 1 is 1.35 bits per heavy atom. The summed E-state index contributed by atoms with van der Waals surface area (Å²) in [5, 5.41) is 14.3. The van der Waals surface area contributed by atoms with Crippen LogP contribution in [0.4, 0.5) is 4.79 Å². The van der Waals surface area contributed by atoms with Crippen LogP contribution >= 0.6 is 11.8 Å². The number of aliphatic carboxylic acids is 1. The van der Waals surface area contributed by atoms with Crippen molar-refractivity contribution >= 4 is 29.7 Å². The molecule has 0 spiro atoms. The topological polar surface area (TPSA) is 98.7 Å². The smallest absolute Gasteiger partial charge is 0.327 e. The lowest BCUT2D eigenvalue weighted by Crippen LogP contribution is -2.47. The molecule has 0 saturated carbocycles. The maximum Gasteiger partial charge on any atom is 0.327 e. The summed E-state index contributed by atoms with van der Waals surface area (Å²) in [7, 11) is 0. The van der Waals surface area contributed by atoms with E-state index in [1.54, 1.807) is 0 Å². The van der Waals surface area contributed by atoms with Crippen molar-refractivity contribution in [3.05, 3.63) is 0 Å². The number of carboxylic acid groups (broad SMARTS) is 1. The van der Waals surface area contributed by atoms with Gasteiger partial charge in [0.05, 0.1) is 5.88 Å². The molecule has 1 atom stereocenters. The third kappa shape index (κ3) is 5.28. The molecule has 7 nitrogen and oxygen atoms in total. The number of amides is 3. The summed E-state index contributed by atoms with van der Waals surface area (Å²) in [4.78, 5) is 35.5. The molecule has 3 amide bonds. The molecule has 0 aromatic heterocycles. The van der Waals surface area contributed by atoms with Gasteiger partial charge >= 0.3 is 12.0 Å². The second kappa shape index (κ2) is 7.98. The average molecular weight is 303 g/mol. The van der Waals surface area contributed by atoms with Crippen LogP contribution in [0.5, 0.6) is 0 Å². The molecular weight excluding hydrogens is 282 g/mol. The molecule has 114 valence electrons. The molecule has 1 heterocycles. The molecule has 0 aromatic rings. The zero-order valence-electron chi connectivity index (χ0n) is 11.7. The highest BCUT2D eigenvalue weighted by molar-refractivity contribution is 7.99. The first-order valence-corrected chi connectivity index (χ1v) is 7.69. The van der Waals surface area contributed by atoms with Crippen LogP contribution in [0.2, 0.25) is 0 Å². The van der Waals surface area contributed by atoms with Crippen molar-refractivity contribution in [2.45, 2.75) is 26.3 Å². The van der Waals surface area contributed by atoms with Gasteiger partial charge in [0.1, 0.15) is 6.04 Å². The number of rotatable bonds is 6. The Bertz CT molecular complexity index is 376. The number of hydrogen-bond donors (Lipinski definition) is 3. The van der Waals surface area contributed by atoms with Gasteiger partial charge in [-0.25, -0.2) is 9.59 Å². The van der Waals surface area contributed by atoms with Gasteiger partial charge in [-0.15, -0.1) is 11.8 Å². The first-order valence-electron chi connectivity index (χ1n) is 6.53. The Balaban J connectivity index is 2.26. The molecule has 1 aliphatic rings. The van der Waals surface area contributed by atoms with Gasteiger partial charge in [0, 0.05) is 25.3 Å². The average Bonchev–Trinajstić information content (AvgIpc) is 2.85. The maximum atomic E-state index is 11.8. The monoisotopic (exact) mass is 303 g/mol. The second-order valence-electron chi connectivity index (χ2n) is 5.00. The number of nitrogens with one attached hydrogen (secondary N) is 2. The number of urea groups is 1. The van der Waals surface area contributed by atoms with E-state index in [2.05, 4.69) is 10.6 Å². The fourth-order valence-corrected chi connectivity index (χ4v) is 2.78. The normalized spacial score (nSPS) is 18.1. The van der Waals surface area contributed by atoms with Crippen LogP contribution in [0, 0.1) is 5.92 Å². The summed E-state index contributed by atoms with van der Waals surface area (Å²) in [6.07, 6.45) is 0.192. The Morgan fingerprint density at radius 3 is 2.65 bits per heavy atom. The number of carboxylic acids is 1. The van der Waals surface area contributed by atoms with E-state index in [1.807, 2.05) is 13.8 Å². The van der Waals surface area contributed by atoms with Crippen molar-refractivity contribution in [2.75, 3.05) is 24.7 Å². The van der Waals surface area contributed by atoms with Crippen molar-refractivity contribution in [3.8, 4) is 0 Å². The molecule has 0 radical (unpaired) electrons. The Hall–Kier alpha value is -1.44. The second-order valence-corrected chi connectivity index (χ2v) is 6.00. The van der Waals surface area contributed by atoms with Crippen LogP contribution in [0.15, 0.2) is 0 Å². The first-order chi connectivity index (χ1) is 9.41. The van der Waals surface area contributed by atoms with E-state index in [0.717, 1.165) is 0 Å². The summed E-state index contributed by atoms with van der Waals surface area (Å²) < 4.78 is 0. The molecule has 1 aliphatic heterocycles. The Kier molecular flexibility index (Phi) is 6.63. The summed E-state index contributed by atoms with van der Waals surface area (Å²) in [6, 6.07) is -1.21. The van der Waals surface area contributed by atoms with Crippen LogP contribution < -0.4 is 10.6 Å². The fourth-order valence-electron chi connectivity index (χ4n) is 1.64. The van der Waals surface area contributed by atoms with Crippen molar-refractivity contribution in [2.24, 2.45) is 5.92 Å². The quantitative estimate of drug-likeness (QED) is 0.656. The summed E-state index contributed by atoms with van der Waals surface area (Å²) in [5.41, 5.74) is 0. The van der Waals surface area contributed by atoms with Crippen molar-refractivity contribution < 1.29 is 19.5 Å². The van der Waals surface area contributed by atoms with Gasteiger partial charge in [0.2, 0.25) is 5.91 Å². The van der Waals surface area contributed by atoms with Gasteiger partial charge in [-0.3, -0.25) is 4.79 Å². The molecule has 1 unspecified atom stereocenters. The van der Waals surface area contributed by atoms with Gasteiger partial charge in [-0.2, -0.15) is 0 Å². The van der Waals surface area contributed by atoms with E-state index in [-0.39, 0.29) is 18.9 Å². The van der Waals surface area contributed by atoms with E-state index in [9.17, 15) is 14.4 Å². The molecule has 1 fully saturated rings. The van der Waals surface area contributed by atoms with Crippen LogP contribution in [0.25, 0.3) is 0 Å². The largest absolute Gasteiger partial charge is 0.480 e. The van der Waals surface area contributed by atoms with E-state index in [0.29, 0.717) is 24.1 Å². The van der Waals surface area contributed by atoms with Crippen LogP contribution in [0.1, 0.15) is 20.3 Å². The highest BCUT2D eigenvalue weighted by Gasteiger charge is 2.34. The third-order valence-corrected chi connectivity index (χ3v) is 3.78. The van der Waals surface area contributed by atoms with Crippen LogP contribution in [-0.2, 0) is 9.59 Å². The summed E-state index contributed by atoms with van der Waals surface area (Å²) >= 11 is 1.40. The lowest BCUT2D eigenvalue weighted by molar-refractivity contribution is -0.140. The lowest BCUT2D eigenvalue weighted by atomic mass is 10.2. The van der Waals surface area contributed by atoms with Crippen molar-refractivity contribution in [1.29, 1.82) is 0 Å². The van der Waals surface area contributed by atoms with Gasteiger partial charge in [0.25, 0.3) is 0 Å². The van der Waals surface area contributed by atoms with E-state index in [1.165, 1.54) is 16.7 Å².